The molecule has 0 saturated carbocycles. The summed E-state index contributed by atoms with van der Waals surface area (Å²) in [6.45, 7) is 0.949. The van der Waals surface area contributed by atoms with Gasteiger partial charge in [0.05, 0.1) is 18.4 Å². The first-order valence-corrected chi connectivity index (χ1v) is 7.05. The number of para-hydroxylation sites is 1. The third kappa shape index (κ3) is 3.55. The Balaban J connectivity index is 1.97. The third-order valence-electron chi connectivity index (χ3n) is 3.75. The first kappa shape index (κ1) is 15.8. The molecule has 22 heavy (non-hydrogen) atoms. The number of primary amides is 1. The predicted molar refractivity (Wildman–Crippen MR) is 80.3 cm³/mol. The van der Waals surface area contributed by atoms with Gasteiger partial charge in [0.25, 0.3) is 5.91 Å². The van der Waals surface area contributed by atoms with Crippen molar-refractivity contribution in [2.24, 2.45) is 11.7 Å². The van der Waals surface area contributed by atoms with Crippen LogP contribution in [0.4, 0.5) is 10.5 Å². The van der Waals surface area contributed by atoms with E-state index >= 15 is 0 Å². The Morgan fingerprint density at radius 3 is 2.45 bits per heavy atom. The first-order chi connectivity index (χ1) is 10.5. The van der Waals surface area contributed by atoms with Crippen LogP contribution in [0.25, 0.3) is 0 Å². The summed E-state index contributed by atoms with van der Waals surface area (Å²) in [7, 11) is 1.34. The maximum absolute atomic E-state index is 12.3. The molecule has 0 atom stereocenters. The van der Waals surface area contributed by atoms with E-state index in [1.807, 2.05) is 0 Å². The van der Waals surface area contributed by atoms with Crippen molar-refractivity contribution >= 4 is 23.6 Å². The number of methoxy groups -OCH3 is 1. The zero-order valence-corrected chi connectivity index (χ0v) is 12.4. The van der Waals surface area contributed by atoms with Crippen LogP contribution in [0.5, 0.6) is 0 Å². The van der Waals surface area contributed by atoms with E-state index in [4.69, 9.17) is 5.73 Å². The number of likely N-dealkylation sites (tertiary alicyclic amines) is 1. The number of rotatable bonds is 3. The van der Waals surface area contributed by atoms with E-state index < -0.39 is 5.91 Å². The lowest BCUT2D eigenvalue weighted by Crippen LogP contribution is -2.41. The van der Waals surface area contributed by atoms with Gasteiger partial charge < -0.3 is 20.7 Å². The molecule has 0 aromatic heterocycles. The number of nitrogens with two attached hydrogens (primary N) is 1. The van der Waals surface area contributed by atoms with Gasteiger partial charge in [-0.3, -0.25) is 9.59 Å². The maximum Gasteiger partial charge on any atom is 0.409 e. The van der Waals surface area contributed by atoms with Crippen LogP contribution in [0.15, 0.2) is 24.3 Å². The van der Waals surface area contributed by atoms with E-state index in [0.29, 0.717) is 31.6 Å². The maximum atomic E-state index is 12.3. The average molecular weight is 305 g/mol. The summed E-state index contributed by atoms with van der Waals surface area (Å²) in [6.07, 6.45) is 0.734. The van der Waals surface area contributed by atoms with Crippen molar-refractivity contribution in [3.63, 3.8) is 0 Å². The SMILES string of the molecule is COC(=O)N1CCC(C(=O)Nc2ccccc2C(N)=O)CC1. The van der Waals surface area contributed by atoms with Crippen LogP contribution in [0, 0.1) is 5.92 Å². The number of piperidine rings is 1. The lowest BCUT2D eigenvalue weighted by atomic mass is 9.96. The van der Waals surface area contributed by atoms with Gasteiger partial charge in [0.2, 0.25) is 5.91 Å². The Labute approximate surface area is 128 Å². The second-order valence-corrected chi connectivity index (χ2v) is 5.13. The normalized spacial score (nSPS) is 15.2. The van der Waals surface area contributed by atoms with Crippen LogP contribution >= 0.6 is 0 Å². The molecule has 0 bridgehead atoms. The van der Waals surface area contributed by atoms with Crippen LogP contribution < -0.4 is 11.1 Å². The standard InChI is InChI=1S/C15H19N3O4/c1-22-15(21)18-8-6-10(7-9-18)14(20)17-12-5-3-2-4-11(12)13(16)19/h2-5,10H,6-9H2,1H3,(H2,16,19)(H,17,20). The summed E-state index contributed by atoms with van der Waals surface area (Å²) in [5, 5.41) is 2.75. The summed E-state index contributed by atoms with van der Waals surface area (Å²) >= 11 is 0. The number of ether oxygens (including phenoxy) is 1. The molecule has 118 valence electrons. The number of hydrogen-bond donors (Lipinski definition) is 2. The minimum Gasteiger partial charge on any atom is -0.453 e. The fraction of sp³-hybridized carbons (Fsp3) is 0.400. The van der Waals surface area contributed by atoms with Crippen LogP contribution in [0.3, 0.4) is 0 Å². The molecule has 1 aromatic rings. The van der Waals surface area contributed by atoms with Gasteiger partial charge in [-0.15, -0.1) is 0 Å². The summed E-state index contributed by atoms with van der Waals surface area (Å²) in [5.74, 6) is -0.962. The quantitative estimate of drug-likeness (QED) is 0.876. The Morgan fingerprint density at radius 2 is 1.86 bits per heavy atom. The number of hydrogen-bond acceptors (Lipinski definition) is 4. The smallest absolute Gasteiger partial charge is 0.409 e. The molecular weight excluding hydrogens is 286 g/mol. The number of nitrogens with one attached hydrogen (secondary N) is 1. The van der Waals surface area contributed by atoms with Crippen molar-refractivity contribution in [3.05, 3.63) is 29.8 Å². The topological polar surface area (TPSA) is 102 Å². The van der Waals surface area contributed by atoms with E-state index in [9.17, 15) is 14.4 Å². The van der Waals surface area contributed by atoms with Crippen LogP contribution in [0.1, 0.15) is 23.2 Å². The number of anilines is 1. The molecule has 1 fully saturated rings. The molecule has 3 N–H and O–H groups in total. The molecule has 0 unspecified atom stereocenters. The fourth-order valence-corrected chi connectivity index (χ4v) is 2.50. The van der Waals surface area contributed by atoms with Crippen molar-refractivity contribution in [3.8, 4) is 0 Å². The fourth-order valence-electron chi connectivity index (χ4n) is 2.50. The van der Waals surface area contributed by atoms with Gasteiger partial charge in [-0.2, -0.15) is 0 Å². The van der Waals surface area contributed by atoms with E-state index in [1.165, 1.54) is 7.11 Å². The highest BCUT2D eigenvalue weighted by Gasteiger charge is 2.28. The lowest BCUT2D eigenvalue weighted by molar-refractivity contribution is -0.121. The van der Waals surface area contributed by atoms with E-state index in [1.54, 1.807) is 29.2 Å². The molecule has 7 heteroatoms. The molecule has 7 nitrogen and oxygen atoms in total. The van der Waals surface area contributed by atoms with Gasteiger partial charge in [-0.05, 0) is 25.0 Å². The minimum absolute atomic E-state index is 0.168. The third-order valence-corrected chi connectivity index (χ3v) is 3.75. The van der Waals surface area contributed by atoms with E-state index in [2.05, 4.69) is 10.1 Å². The summed E-state index contributed by atoms with van der Waals surface area (Å²) in [6, 6.07) is 6.62. The van der Waals surface area contributed by atoms with Crippen LogP contribution in [-0.4, -0.2) is 43.0 Å². The van der Waals surface area contributed by atoms with E-state index in [0.717, 1.165) is 0 Å². The van der Waals surface area contributed by atoms with Crippen LogP contribution in [-0.2, 0) is 9.53 Å². The van der Waals surface area contributed by atoms with Crippen molar-refractivity contribution in [2.45, 2.75) is 12.8 Å². The molecule has 0 radical (unpaired) electrons. The molecular formula is C15H19N3O4. The Kier molecular flexibility index (Phi) is 4.98. The van der Waals surface area contributed by atoms with Gasteiger partial charge in [-0.25, -0.2) is 4.79 Å². The molecule has 1 aliphatic rings. The van der Waals surface area contributed by atoms with Gasteiger partial charge in [0.1, 0.15) is 0 Å². The van der Waals surface area contributed by atoms with Gasteiger partial charge >= 0.3 is 6.09 Å². The lowest BCUT2D eigenvalue weighted by Gasteiger charge is -2.30. The number of carbonyl (C=O) groups excluding carboxylic acids is 3. The molecule has 1 aromatic carbocycles. The van der Waals surface area contributed by atoms with Crippen molar-refractivity contribution < 1.29 is 19.1 Å². The predicted octanol–water partition coefficient (Wildman–Crippen LogP) is 1.20. The van der Waals surface area contributed by atoms with Crippen molar-refractivity contribution in [1.82, 2.24) is 4.90 Å². The summed E-state index contributed by atoms with van der Waals surface area (Å²) < 4.78 is 4.66. The molecule has 2 rings (SSSR count). The molecule has 0 aliphatic carbocycles. The van der Waals surface area contributed by atoms with Crippen molar-refractivity contribution in [1.29, 1.82) is 0 Å². The average Bonchev–Trinajstić information content (AvgIpc) is 2.54. The molecule has 1 saturated heterocycles. The second-order valence-electron chi connectivity index (χ2n) is 5.13. The largest absolute Gasteiger partial charge is 0.453 e. The molecule has 1 heterocycles. The van der Waals surface area contributed by atoms with Crippen molar-refractivity contribution in [2.75, 3.05) is 25.5 Å². The zero-order chi connectivity index (χ0) is 16.1. The zero-order valence-electron chi connectivity index (χ0n) is 12.4. The Morgan fingerprint density at radius 1 is 1.23 bits per heavy atom. The second kappa shape index (κ2) is 6.93. The van der Waals surface area contributed by atoms with Crippen LogP contribution in [0.2, 0.25) is 0 Å². The molecule has 1 aliphatic heterocycles. The first-order valence-electron chi connectivity index (χ1n) is 7.05. The number of carbonyl (C=O) groups is 3. The van der Waals surface area contributed by atoms with Gasteiger partial charge in [0, 0.05) is 19.0 Å². The minimum atomic E-state index is -0.587. The Bertz CT molecular complexity index is 580. The highest BCUT2D eigenvalue weighted by molar-refractivity contribution is 6.03. The number of nitrogens with zero attached hydrogens (tertiary/aromatic N) is 1. The van der Waals surface area contributed by atoms with E-state index in [-0.39, 0.29) is 23.5 Å². The van der Waals surface area contributed by atoms with Gasteiger partial charge in [0.15, 0.2) is 0 Å². The highest BCUT2D eigenvalue weighted by atomic mass is 16.5. The molecule has 3 amide bonds. The highest BCUT2D eigenvalue weighted by Crippen LogP contribution is 2.21. The monoisotopic (exact) mass is 305 g/mol. The number of amides is 3. The number of benzene rings is 1. The summed E-state index contributed by atoms with van der Waals surface area (Å²) in [4.78, 5) is 36.6. The Hall–Kier alpha value is -2.57. The van der Waals surface area contributed by atoms with Gasteiger partial charge in [-0.1, -0.05) is 12.1 Å². The molecule has 0 spiro atoms. The summed E-state index contributed by atoms with van der Waals surface area (Å²) in [5.41, 5.74) is 5.98.